The summed E-state index contributed by atoms with van der Waals surface area (Å²) in [5.41, 5.74) is 1.39. The van der Waals surface area contributed by atoms with Gasteiger partial charge in [-0.3, -0.25) is 0 Å². The minimum atomic E-state index is 0.518. The van der Waals surface area contributed by atoms with Gasteiger partial charge in [-0.05, 0) is 0 Å². The predicted molar refractivity (Wildman–Crippen MR) is 51.1 cm³/mol. The van der Waals surface area contributed by atoms with Crippen LogP contribution >= 0.6 is 0 Å². The van der Waals surface area contributed by atoms with Crippen molar-refractivity contribution in [3.8, 4) is 6.07 Å². The van der Waals surface area contributed by atoms with Crippen LogP contribution in [-0.2, 0) is 6.42 Å². The summed E-state index contributed by atoms with van der Waals surface area (Å²) in [7, 11) is 0. The minimum absolute atomic E-state index is 0.518. The van der Waals surface area contributed by atoms with Crippen LogP contribution in [0.5, 0.6) is 0 Å². The molecule has 0 saturated heterocycles. The third kappa shape index (κ3) is 3.57. The first-order valence-electron chi connectivity index (χ1n) is 3.92. The van der Waals surface area contributed by atoms with E-state index in [1.165, 1.54) is 10.9 Å². The Balaban J connectivity index is 2.21. The maximum absolute atomic E-state index is 8.33. The molecule has 1 nitrogen and oxygen atoms in total. The Hall–Kier alpha value is -0.771. The number of benzene rings is 1. The van der Waals surface area contributed by atoms with Crippen molar-refractivity contribution in [3.05, 3.63) is 35.9 Å². The number of hydrogen-bond acceptors (Lipinski definition) is 1. The Kier molecular flexibility index (Phi) is 4.52. The van der Waals surface area contributed by atoms with Crippen LogP contribution in [0.2, 0.25) is 10.6 Å². The molecule has 0 amide bonds. The van der Waals surface area contributed by atoms with Crippen LogP contribution in [0.15, 0.2) is 30.3 Å². The third-order valence-electron chi connectivity index (χ3n) is 1.54. The van der Waals surface area contributed by atoms with E-state index in [-0.39, 0.29) is 0 Å². The van der Waals surface area contributed by atoms with Crippen molar-refractivity contribution in [2.45, 2.75) is 17.1 Å². The van der Waals surface area contributed by atoms with E-state index in [2.05, 4.69) is 30.3 Å². The zero-order chi connectivity index (χ0) is 8.65. The van der Waals surface area contributed by atoms with Crippen molar-refractivity contribution in [3.63, 3.8) is 0 Å². The molecule has 1 rings (SSSR count). The van der Waals surface area contributed by atoms with Gasteiger partial charge in [0.05, 0.1) is 0 Å². The van der Waals surface area contributed by atoms with E-state index in [1.54, 1.807) is 0 Å². The Morgan fingerprint density at radius 2 is 2.00 bits per heavy atom. The Bertz CT molecular complexity index is 250. The average Bonchev–Trinajstić information content (AvgIpc) is 2.14. The fourth-order valence-corrected chi connectivity index (χ4v) is 2.24. The molecule has 0 heterocycles. The van der Waals surface area contributed by atoms with Gasteiger partial charge in [-0.1, -0.05) is 0 Å². The molecule has 0 aliphatic carbocycles. The monoisotopic (exact) mass is 225 g/mol. The van der Waals surface area contributed by atoms with E-state index < -0.39 is 0 Å². The van der Waals surface area contributed by atoms with Crippen LogP contribution in [0.1, 0.15) is 5.56 Å². The van der Waals surface area contributed by atoms with Crippen LogP contribution in [-0.4, -0.2) is 15.0 Å². The summed E-state index contributed by atoms with van der Waals surface area (Å²) in [6.07, 6.45) is 1.13. The summed E-state index contributed by atoms with van der Waals surface area (Å²) in [5.74, 6) is 0. The van der Waals surface area contributed by atoms with E-state index in [9.17, 15) is 0 Å². The van der Waals surface area contributed by atoms with Crippen LogP contribution in [0, 0.1) is 11.3 Å². The summed E-state index contributed by atoms with van der Waals surface area (Å²) >= 11 is 0.518. The van der Waals surface area contributed by atoms with E-state index in [0.29, 0.717) is 15.0 Å². The molecule has 0 aliphatic heterocycles. The Labute approximate surface area is 79.6 Å². The molecule has 1 aromatic carbocycles. The van der Waals surface area contributed by atoms with Gasteiger partial charge in [0, 0.05) is 0 Å². The molecule has 12 heavy (non-hydrogen) atoms. The van der Waals surface area contributed by atoms with E-state index in [0.717, 1.165) is 11.7 Å². The second-order valence-corrected chi connectivity index (χ2v) is 4.77. The van der Waals surface area contributed by atoms with Crippen molar-refractivity contribution in [1.29, 1.82) is 5.26 Å². The van der Waals surface area contributed by atoms with Gasteiger partial charge in [-0.2, -0.15) is 0 Å². The predicted octanol–water partition coefficient (Wildman–Crippen LogP) is 2.29. The molecule has 0 fully saturated rings. The van der Waals surface area contributed by atoms with Gasteiger partial charge in [-0.25, -0.2) is 0 Å². The van der Waals surface area contributed by atoms with Crippen molar-refractivity contribution in [1.82, 2.24) is 0 Å². The van der Waals surface area contributed by atoms with Gasteiger partial charge >= 0.3 is 79.2 Å². The summed E-state index contributed by atoms with van der Waals surface area (Å²) in [4.78, 5) is 0. The van der Waals surface area contributed by atoms with Gasteiger partial charge in [0.25, 0.3) is 0 Å². The van der Waals surface area contributed by atoms with Crippen molar-refractivity contribution < 1.29 is 0 Å². The second kappa shape index (κ2) is 5.83. The topological polar surface area (TPSA) is 23.8 Å². The third-order valence-corrected chi connectivity index (χ3v) is 3.28. The van der Waals surface area contributed by atoms with Crippen molar-refractivity contribution >= 4 is 15.0 Å². The zero-order valence-electron chi connectivity index (χ0n) is 6.86. The van der Waals surface area contributed by atoms with Crippen LogP contribution in [0.25, 0.3) is 0 Å². The fourth-order valence-electron chi connectivity index (χ4n) is 0.953. The first-order valence-corrected chi connectivity index (χ1v) is 6.34. The summed E-state index contributed by atoms with van der Waals surface area (Å²) in [6, 6.07) is 12.6. The van der Waals surface area contributed by atoms with Crippen molar-refractivity contribution in [2.24, 2.45) is 0 Å². The Morgan fingerprint density at radius 3 is 2.67 bits per heavy atom. The quantitative estimate of drug-likeness (QED) is 0.568. The number of hydrogen-bond donors (Lipinski definition) is 0. The van der Waals surface area contributed by atoms with Gasteiger partial charge < -0.3 is 0 Å². The molecule has 0 atom stereocenters. The van der Waals surface area contributed by atoms with Gasteiger partial charge in [0.1, 0.15) is 0 Å². The average molecular weight is 224 g/mol. The Morgan fingerprint density at radius 1 is 1.25 bits per heavy atom. The molecule has 0 unspecified atom stereocenters. The number of nitriles is 1. The molecule has 0 aliphatic rings. The molecule has 62 valence electrons. The normalized spacial score (nSPS) is 9.25. The summed E-state index contributed by atoms with van der Waals surface area (Å²) in [6.45, 7) is 0. The molecule has 0 bridgehead atoms. The first-order chi connectivity index (χ1) is 5.93. The zero-order valence-corrected chi connectivity index (χ0v) is 8.58. The molecular weight excluding hydrogens is 213 g/mol. The van der Waals surface area contributed by atoms with Crippen molar-refractivity contribution in [2.75, 3.05) is 0 Å². The van der Waals surface area contributed by atoms with Gasteiger partial charge in [0.15, 0.2) is 0 Å². The fraction of sp³-hybridized carbons (Fsp3) is 0.300. The van der Waals surface area contributed by atoms with E-state index in [4.69, 9.17) is 5.26 Å². The molecule has 0 aromatic heterocycles. The first kappa shape index (κ1) is 9.32. The molecule has 0 radical (unpaired) electrons. The number of nitrogens with zero attached hydrogens (tertiary/aromatic N) is 1. The second-order valence-electron chi connectivity index (χ2n) is 2.45. The summed E-state index contributed by atoms with van der Waals surface area (Å²) < 4.78 is 0. The number of rotatable bonds is 4. The van der Waals surface area contributed by atoms with Crippen LogP contribution < -0.4 is 0 Å². The summed E-state index contributed by atoms with van der Waals surface area (Å²) in [5, 5.41) is 10.3. The van der Waals surface area contributed by atoms with Crippen LogP contribution in [0.3, 0.4) is 0 Å². The number of aryl methyl sites for hydroxylation is 1. The molecule has 1 aromatic rings. The molecule has 0 spiro atoms. The SMILES string of the molecule is N#CC[Se]CCc1ccccc1. The standard InChI is InChI=1S/C10H11NSe/c11-7-9-12-8-6-10-4-2-1-3-5-10/h1-5H,6,8-9H2. The van der Waals surface area contributed by atoms with Gasteiger partial charge in [-0.15, -0.1) is 0 Å². The molecular formula is C10H11NSe. The van der Waals surface area contributed by atoms with E-state index in [1.807, 2.05) is 6.07 Å². The molecule has 0 N–H and O–H groups in total. The molecule has 0 saturated carbocycles. The molecule has 2 heteroatoms. The maximum atomic E-state index is 8.33. The van der Waals surface area contributed by atoms with E-state index >= 15 is 0 Å². The van der Waals surface area contributed by atoms with Gasteiger partial charge in [0.2, 0.25) is 0 Å². The van der Waals surface area contributed by atoms with Crippen LogP contribution in [0.4, 0.5) is 0 Å².